The predicted octanol–water partition coefficient (Wildman–Crippen LogP) is 13.9. The van der Waals surface area contributed by atoms with Gasteiger partial charge < -0.3 is 9.47 Å². The number of hydrogen-bond donors (Lipinski definition) is 0. The van der Waals surface area contributed by atoms with Crippen LogP contribution in [0.3, 0.4) is 0 Å². The molecule has 0 saturated carbocycles. The van der Waals surface area contributed by atoms with E-state index in [-0.39, 0.29) is 25.4 Å². The lowest BCUT2D eigenvalue weighted by Crippen LogP contribution is -2.14. The highest BCUT2D eigenvalue weighted by atomic mass is 17.3. The van der Waals surface area contributed by atoms with Crippen molar-refractivity contribution in [2.75, 3.05) is 13.2 Å². The highest BCUT2D eigenvalue weighted by Gasteiger charge is 2.11. The van der Waals surface area contributed by atoms with Crippen molar-refractivity contribution < 1.29 is 38.6 Å². The summed E-state index contributed by atoms with van der Waals surface area (Å²) >= 11 is 0. The predicted molar refractivity (Wildman–Crippen MR) is 198 cm³/mol. The van der Waals surface area contributed by atoms with E-state index in [1.807, 2.05) is 27.7 Å². The Labute approximate surface area is 297 Å². The first-order valence-electron chi connectivity index (χ1n) is 20.3. The van der Waals surface area contributed by atoms with E-state index in [0.717, 1.165) is 38.5 Å². The smallest absolute Gasteiger partial charge is 0.432 e. The molecular weight excluding hydrogens is 608 g/mol. The van der Waals surface area contributed by atoms with Gasteiger partial charge in [-0.3, -0.25) is 0 Å². The molecule has 0 aliphatic rings. The first-order chi connectivity index (χ1) is 23.3. The second-order valence-corrected chi connectivity index (χ2v) is 13.8. The summed E-state index contributed by atoms with van der Waals surface area (Å²) in [6.07, 6.45) is 34.0. The second-order valence-electron chi connectivity index (χ2n) is 13.8. The van der Waals surface area contributed by atoms with Crippen molar-refractivity contribution in [2.24, 2.45) is 0 Å². The van der Waals surface area contributed by atoms with Gasteiger partial charge in [-0.25, -0.2) is 9.78 Å². The average Bonchev–Trinajstić information content (AvgIpc) is 3.06. The van der Waals surface area contributed by atoms with Crippen molar-refractivity contribution in [3.8, 4) is 0 Å². The fourth-order valence-electron chi connectivity index (χ4n) is 5.24. The van der Waals surface area contributed by atoms with Gasteiger partial charge in [-0.15, -0.1) is 0 Å². The summed E-state index contributed by atoms with van der Waals surface area (Å²) in [6, 6.07) is 0. The van der Waals surface area contributed by atoms with Crippen LogP contribution in [-0.4, -0.2) is 37.7 Å². The number of carbonyl (C=O) groups is 2. The molecule has 0 aromatic carbocycles. The lowest BCUT2D eigenvalue weighted by atomic mass is 10.0. The average molecular weight is 689 g/mol. The van der Waals surface area contributed by atoms with E-state index in [4.69, 9.17) is 19.2 Å². The van der Waals surface area contributed by atoms with Crippen molar-refractivity contribution >= 4 is 12.3 Å². The van der Waals surface area contributed by atoms with E-state index in [0.29, 0.717) is 0 Å². The fourth-order valence-corrected chi connectivity index (χ4v) is 5.24. The van der Waals surface area contributed by atoms with E-state index in [1.54, 1.807) is 0 Å². The summed E-state index contributed by atoms with van der Waals surface area (Å²) < 4.78 is 9.87. The molecule has 0 rings (SSSR count). The Balaban J connectivity index is 0. The summed E-state index contributed by atoms with van der Waals surface area (Å²) in [5.74, 6) is 0. The molecule has 288 valence electrons. The molecule has 0 saturated heterocycles. The second kappa shape index (κ2) is 41.6. The van der Waals surface area contributed by atoms with Crippen LogP contribution in [0.15, 0.2) is 0 Å². The molecule has 48 heavy (non-hydrogen) atoms. The lowest BCUT2D eigenvalue weighted by molar-refractivity contribution is -0.337. The third kappa shape index (κ3) is 46.6. The van der Waals surface area contributed by atoms with E-state index >= 15 is 0 Å². The number of hydrogen-bond acceptors (Lipinski definition) is 8. The SMILES string of the molecule is CC(C)OOC(C)C.CCCCCCCCCCCCCCCCOC(=O)OOC(=O)OCCCCCCCCCCCCCCCC. The topological polar surface area (TPSA) is 89.5 Å². The van der Waals surface area contributed by atoms with Gasteiger partial charge in [0.15, 0.2) is 0 Å². The Morgan fingerprint density at radius 1 is 0.354 bits per heavy atom. The molecule has 0 radical (unpaired) electrons. The van der Waals surface area contributed by atoms with Crippen LogP contribution in [0.4, 0.5) is 9.59 Å². The minimum atomic E-state index is -0.997. The molecule has 0 aliphatic heterocycles. The molecule has 0 aliphatic carbocycles. The van der Waals surface area contributed by atoms with Gasteiger partial charge in [-0.2, -0.15) is 19.4 Å². The van der Waals surface area contributed by atoms with Crippen LogP contribution >= 0.6 is 0 Å². The minimum absolute atomic E-state index is 0.164. The van der Waals surface area contributed by atoms with Crippen LogP contribution in [0, 0.1) is 0 Å². The van der Waals surface area contributed by atoms with Crippen molar-refractivity contribution in [2.45, 2.75) is 234 Å². The number of rotatable bonds is 33. The first-order valence-corrected chi connectivity index (χ1v) is 20.3. The minimum Gasteiger partial charge on any atom is -0.432 e. The van der Waals surface area contributed by atoms with Crippen molar-refractivity contribution in [1.82, 2.24) is 0 Å². The van der Waals surface area contributed by atoms with Crippen LogP contribution in [0.25, 0.3) is 0 Å². The van der Waals surface area contributed by atoms with Crippen LogP contribution in [0.2, 0.25) is 0 Å². The molecule has 0 bridgehead atoms. The van der Waals surface area contributed by atoms with E-state index in [9.17, 15) is 9.59 Å². The Morgan fingerprint density at radius 2 is 0.562 bits per heavy atom. The van der Waals surface area contributed by atoms with Gasteiger partial charge in [-0.05, 0) is 40.5 Å². The molecule has 0 unspecified atom stereocenters. The zero-order valence-electron chi connectivity index (χ0n) is 32.6. The summed E-state index contributed by atoms with van der Waals surface area (Å²) in [4.78, 5) is 41.4. The maximum atomic E-state index is 11.5. The molecule has 0 heterocycles. The number of ether oxygens (including phenoxy) is 2. The van der Waals surface area contributed by atoms with Crippen LogP contribution in [-0.2, 0) is 29.0 Å². The highest BCUT2D eigenvalue weighted by Crippen LogP contribution is 2.14. The van der Waals surface area contributed by atoms with Crippen molar-refractivity contribution in [3.63, 3.8) is 0 Å². The van der Waals surface area contributed by atoms with Crippen molar-refractivity contribution in [1.29, 1.82) is 0 Å². The maximum Gasteiger partial charge on any atom is 0.549 e. The van der Waals surface area contributed by atoms with Crippen LogP contribution < -0.4 is 0 Å². The third-order valence-corrected chi connectivity index (χ3v) is 8.05. The fraction of sp³-hybridized carbons (Fsp3) is 0.950. The summed E-state index contributed by atoms with van der Waals surface area (Å²) in [7, 11) is 0. The van der Waals surface area contributed by atoms with Crippen molar-refractivity contribution in [3.05, 3.63) is 0 Å². The van der Waals surface area contributed by atoms with Gasteiger partial charge in [-0.1, -0.05) is 181 Å². The molecule has 0 N–H and O–H groups in total. The van der Waals surface area contributed by atoms with Gasteiger partial charge in [0.2, 0.25) is 0 Å². The summed E-state index contributed by atoms with van der Waals surface area (Å²) in [5, 5.41) is 0. The number of unbranched alkanes of at least 4 members (excludes halogenated alkanes) is 26. The molecule has 0 aromatic heterocycles. The number of carbonyl (C=O) groups excluding carboxylic acids is 2. The molecule has 0 fully saturated rings. The van der Waals surface area contributed by atoms with E-state index in [2.05, 4.69) is 23.6 Å². The Bertz CT molecular complexity index is 587. The molecular formula is C40H80O8. The van der Waals surface area contributed by atoms with Crippen LogP contribution in [0.1, 0.15) is 221 Å². The molecule has 0 aromatic rings. The quantitative estimate of drug-likeness (QED) is 0.0291. The summed E-state index contributed by atoms with van der Waals surface area (Å²) in [6.45, 7) is 12.8. The molecule has 0 atom stereocenters. The molecule has 8 heteroatoms. The van der Waals surface area contributed by atoms with Gasteiger partial charge in [0.1, 0.15) is 0 Å². The van der Waals surface area contributed by atoms with E-state index < -0.39 is 12.3 Å². The zero-order chi connectivity index (χ0) is 35.8. The highest BCUT2D eigenvalue weighted by molar-refractivity contribution is 5.63. The van der Waals surface area contributed by atoms with Gasteiger partial charge in [0.25, 0.3) is 0 Å². The van der Waals surface area contributed by atoms with Crippen LogP contribution in [0.5, 0.6) is 0 Å². The monoisotopic (exact) mass is 689 g/mol. The Morgan fingerprint density at radius 3 is 0.771 bits per heavy atom. The van der Waals surface area contributed by atoms with Gasteiger partial charge >= 0.3 is 12.3 Å². The Kier molecular flexibility index (Phi) is 42.1. The Hall–Kier alpha value is -1.54. The van der Waals surface area contributed by atoms with E-state index in [1.165, 1.54) is 141 Å². The normalized spacial score (nSPS) is 11.0. The van der Waals surface area contributed by atoms with Gasteiger partial charge in [0.05, 0.1) is 25.4 Å². The van der Waals surface area contributed by atoms with Gasteiger partial charge in [0, 0.05) is 0 Å². The lowest BCUT2D eigenvalue weighted by Gasteiger charge is -2.08. The third-order valence-electron chi connectivity index (χ3n) is 8.05. The molecule has 0 amide bonds. The standard InChI is InChI=1S/C34H66O6.C6H14O2/c1-3-5-7-9-11-13-15-17-19-21-23-25-27-29-31-37-33(35)39-40-34(36)38-32-30-28-26-24-22-20-18-16-14-12-10-8-6-4-2;1-5(2)7-8-6(3)4/h3-32H2,1-2H3;5-6H,1-4H3. The molecule has 8 nitrogen and oxygen atoms in total. The first kappa shape index (κ1) is 48.6. The maximum absolute atomic E-state index is 11.5. The summed E-state index contributed by atoms with van der Waals surface area (Å²) in [5.41, 5.74) is 0. The molecule has 0 spiro atoms. The largest absolute Gasteiger partial charge is 0.549 e. The zero-order valence-corrected chi connectivity index (χ0v) is 32.6.